The molecule has 0 radical (unpaired) electrons. The van der Waals surface area contributed by atoms with Crippen molar-refractivity contribution in [1.82, 2.24) is 0 Å². The van der Waals surface area contributed by atoms with Crippen LogP contribution in [-0.2, 0) is 0 Å². The molecule has 0 aliphatic carbocycles. The monoisotopic (exact) mass is 185 g/mol. The van der Waals surface area contributed by atoms with E-state index in [1.54, 1.807) is 0 Å². The van der Waals surface area contributed by atoms with Crippen LogP contribution in [0.1, 0.15) is 12.5 Å². The largest absolute Gasteiger partial charge is 0.399 e. The summed E-state index contributed by atoms with van der Waals surface area (Å²) < 4.78 is 0. The molecule has 1 heteroatoms. The Bertz CT molecular complexity index is 345. The summed E-state index contributed by atoms with van der Waals surface area (Å²) in [6.45, 7) is 1.97. The lowest BCUT2D eigenvalue weighted by Gasteiger charge is -1.93. The highest BCUT2D eigenvalue weighted by Crippen LogP contribution is 2.03. The Morgan fingerprint density at radius 2 is 1.86 bits per heavy atom. The first-order valence-corrected chi connectivity index (χ1v) is 4.64. The second-order valence-corrected chi connectivity index (χ2v) is 2.94. The second-order valence-electron chi connectivity index (χ2n) is 2.94. The standard InChI is InChI=1S/C13H15N/c1-2-3-5-10-13(14)11-12-8-6-4-7-9-12/h2-11H,14H2,1H3/b3-2+,10-5-,13-11+. The summed E-state index contributed by atoms with van der Waals surface area (Å²) in [5.41, 5.74) is 7.67. The molecule has 0 amide bonds. The van der Waals surface area contributed by atoms with Gasteiger partial charge < -0.3 is 5.73 Å². The summed E-state index contributed by atoms with van der Waals surface area (Å²) in [5, 5.41) is 0. The van der Waals surface area contributed by atoms with Crippen molar-refractivity contribution in [3.63, 3.8) is 0 Å². The number of nitrogens with two attached hydrogens (primary N) is 1. The van der Waals surface area contributed by atoms with Crippen molar-refractivity contribution >= 4 is 6.08 Å². The van der Waals surface area contributed by atoms with Gasteiger partial charge >= 0.3 is 0 Å². The van der Waals surface area contributed by atoms with E-state index in [9.17, 15) is 0 Å². The van der Waals surface area contributed by atoms with E-state index in [2.05, 4.69) is 0 Å². The topological polar surface area (TPSA) is 26.0 Å². The molecule has 0 bridgehead atoms. The summed E-state index contributed by atoms with van der Waals surface area (Å²) in [7, 11) is 0. The van der Waals surface area contributed by atoms with Gasteiger partial charge in [0.2, 0.25) is 0 Å². The van der Waals surface area contributed by atoms with Crippen LogP contribution in [0.4, 0.5) is 0 Å². The number of hydrogen-bond acceptors (Lipinski definition) is 1. The van der Waals surface area contributed by atoms with Gasteiger partial charge in [-0.1, -0.05) is 48.6 Å². The molecule has 0 saturated heterocycles. The molecule has 0 aliphatic heterocycles. The van der Waals surface area contributed by atoms with E-state index in [-0.39, 0.29) is 0 Å². The maximum absolute atomic E-state index is 5.79. The lowest BCUT2D eigenvalue weighted by Crippen LogP contribution is -1.91. The van der Waals surface area contributed by atoms with Crippen LogP contribution >= 0.6 is 0 Å². The van der Waals surface area contributed by atoms with E-state index < -0.39 is 0 Å². The maximum atomic E-state index is 5.79. The van der Waals surface area contributed by atoms with Crippen molar-refractivity contribution in [3.05, 3.63) is 65.9 Å². The third-order valence-corrected chi connectivity index (χ3v) is 1.73. The molecular formula is C13H15N. The Labute approximate surface area is 85.3 Å². The van der Waals surface area contributed by atoms with Crippen molar-refractivity contribution in [2.45, 2.75) is 6.92 Å². The van der Waals surface area contributed by atoms with Crippen molar-refractivity contribution in [2.75, 3.05) is 0 Å². The minimum absolute atomic E-state index is 0.759. The Morgan fingerprint density at radius 1 is 1.14 bits per heavy atom. The summed E-state index contributed by atoms with van der Waals surface area (Å²) in [4.78, 5) is 0. The first-order chi connectivity index (χ1) is 6.83. The molecule has 1 rings (SSSR count). The predicted molar refractivity (Wildman–Crippen MR) is 62.6 cm³/mol. The molecule has 1 aromatic rings. The molecular weight excluding hydrogens is 170 g/mol. The van der Waals surface area contributed by atoms with Gasteiger partial charge in [-0.15, -0.1) is 0 Å². The Morgan fingerprint density at radius 3 is 2.50 bits per heavy atom. The molecule has 0 heterocycles. The molecule has 0 aromatic heterocycles. The molecule has 0 fully saturated rings. The average Bonchev–Trinajstić information content (AvgIpc) is 2.20. The minimum Gasteiger partial charge on any atom is -0.399 e. The van der Waals surface area contributed by atoms with Crippen molar-refractivity contribution < 1.29 is 0 Å². The number of allylic oxidation sites excluding steroid dienone is 4. The van der Waals surface area contributed by atoms with Gasteiger partial charge in [-0.3, -0.25) is 0 Å². The van der Waals surface area contributed by atoms with E-state index in [4.69, 9.17) is 5.73 Å². The number of hydrogen-bond donors (Lipinski definition) is 1. The summed E-state index contributed by atoms with van der Waals surface area (Å²) in [6.07, 6.45) is 9.67. The maximum Gasteiger partial charge on any atom is 0.0319 e. The van der Waals surface area contributed by atoms with Crippen LogP contribution in [0.3, 0.4) is 0 Å². The van der Waals surface area contributed by atoms with Gasteiger partial charge in [0, 0.05) is 5.70 Å². The van der Waals surface area contributed by atoms with Gasteiger partial charge in [0.25, 0.3) is 0 Å². The van der Waals surface area contributed by atoms with Gasteiger partial charge in [-0.05, 0) is 24.6 Å². The fourth-order valence-corrected chi connectivity index (χ4v) is 1.07. The zero-order chi connectivity index (χ0) is 10.2. The number of rotatable bonds is 3. The summed E-state index contributed by atoms with van der Waals surface area (Å²) in [6, 6.07) is 10.0. The molecule has 14 heavy (non-hydrogen) atoms. The summed E-state index contributed by atoms with van der Waals surface area (Å²) in [5.74, 6) is 0. The van der Waals surface area contributed by atoms with Crippen LogP contribution in [0.5, 0.6) is 0 Å². The second kappa shape index (κ2) is 5.81. The van der Waals surface area contributed by atoms with E-state index in [1.807, 2.05) is 67.6 Å². The van der Waals surface area contributed by atoms with Gasteiger partial charge in [-0.25, -0.2) is 0 Å². The molecule has 0 unspecified atom stereocenters. The van der Waals surface area contributed by atoms with Crippen LogP contribution in [0.15, 0.2) is 60.3 Å². The summed E-state index contributed by atoms with van der Waals surface area (Å²) >= 11 is 0. The fraction of sp³-hybridized carbons (Fsp3) is 0.0769. The highest BCUT2D eigenvalue weighted by atomic mass is 14.5. The van der Waals surface area contributed by atoms with Crippen molar-refractivity contribution in [1.29, 1.82) is 0 Å². The normalized spacial score (nSPS) is 12.8. The lowest BCUT2D eigenvalue weighted by molar-refractivity contribution is 1.45. The molecule has 0 saturated carbocycles. The smallest absolute Gasteiger partial charge is 0.0319 e. The van der Waals surface area contributed by atoms with Gasteiger partial charge in [0.05, 0.1) is 0 Å². The zero-order valence-electron chi connectivity index (χ0n) is 8.35. The highest BCUT2D eigenvalue weighted by Gasteiger charge is 1.85. The van der Waals surface area contributed by atoms with E-state index in [0.717, 1.165) is 11.3 Å². The van der Waals surface area contributed by atoms with E-state index in [0.29, 0.717) is 0 Å². The minimum atomic E-state index is 0.759. The van der Waals surface area contributed by atoms with Gasteiger partial charge in [0.15, 0.2) is 0 Å². The number of benzene rings is 1. The van der Waals surface area contributed by atoms with Crippen LogP contribution in [0, 0.1) is 0 Å². The van der Waals surface area contributed by atoms with Crippen LogP contribution in [-0.4, -0.2) is 0 Å². The Balaban J connectivity index is 2.69. The van der Waals surface area contributed by atoms with Crippen LogP contribution < -0.4 is 5.73 Å². The zero-order valence-corrected chi connectivity index (χ0v) is 8.35. The SMILES string of the molecule is C/C=C/C=C\C(N)=C/c1ccccc1. The molecule has 1 aromatic carbocycles. The predicted octanol–water partition coefficient (Wildman–Crippen LogP) is 3.12. The van der Waals surface area contributed by atoms with E-state index in [1.165, 1.54) is 0 Å². The van der Waals surface area contributed by atoms with Crippen molar-refractivity contribution in [2.24, 2.45) is 5.73 Å². The molecule has 0 atom stereocenters. The van der Waals surface area contributed by atoms with Crippen molar-refractivity contribution in [3.8, 4) is 0 Å². The fourth-order valence-electron chi connectivity index (χ4n) is 1.07. The Kier molecular flexibility index (Phi) is 4.29. The third-order valence-electron chi connectivity index (χ3n) is 1.73. The van der Waals surface area contributed by atoms with Crippen LogP contribution in [0.25, 0.3) is 6.08 Å². The average molecular weight is 185 g/mol. The molecule has 2 N–H and O–H groups in total. The van der Waals surface area contributed by atoms with E-state index >= 15 is 0 Å². The quantitative estimate of drug-likeness (QED) is 0.719. The molecule has 72 valence electrons. The third kappa shape index (κ3) is 3.76. The molecule has 0 spiro atoms. The van der Waals surface area contributed by atoms with Crippen LogP contribution in [0.2, 0.25) is 0 Å². The first-order valence-electron chi connectivity index (χ1n) is 4.64. The van der Waals surface area contributed by atoms with Gasteiger partial charge in [-0.2, -0.15) is 0 Å². The molecule has 1 nitrogen and oxygen atoms in total. The first kappa shape index (κ1) is 10.3. The van der Waals surface area contributed by atoms with Gasteiger partial charge in [0.1, 0.15) is 0 Å². The molecule has 0 aliphatic rings. The lowest BCUT2D eigenvalue weighted by atomic mass is 10.2. The Hall–Kier alpha value is -1.76. The highest BCUT2D eigenvalue weighted by molar-refractivity contribution is 5.54.